The number of carbonyl (C=O) groups is 1. The van der Waals surface area contributed by atoms with Crippen LogP contribution in [0.3, 0.4) is 0 Å². The van der Waals surface area contributed by atoms with Crippen molar-refractivity contribution in [3.05, 3.63) is 47.3 Å². The highest BCUT2D eigenvalue weighted by Gasteiger charge is 2.26. The van der Waals surface area contributed by atoms with Gasteiger partial charge in [0.1, 0.15) is 5.75 Å². The molecule has 0 atom stereocenters. The van der Waals surface area contributed by atoms with E-state index in [1.165, 1.54) is 0 Å². The number of ether oxygens (including phenoxy) is 1. The first-order valence-corrected chi connectivity index (χ1v) is 7.38. The van der Waals surface area contributed by atoms with Gasteiger partial charge in [-0.2, -0.15) is 10.2 Å². The molecule has 1 fully saturated rings. The van der Waals surface area contributed by atoms with Gasteiger partial charge in [-0.1, -0.05) is 12.1 Å². The van der Waals surface area contributed by atoms with E-state index in [-0.39, 0.29) is 5.91 Å². The Balaban J connectivity index is 1.62. The molecule has 6 heteroatoms. The van der Waals surface area contributed by atoms with Crippen molar-refractivity contribution >= 4 is 12.1 Å². The van der Waals surface area contributed by atoms with Gasteiger partial charge >= 0.3 is 0 Å². The van der Waals surface area contributed by atoms with E-state index in [2.05, 4.69) is 20.7 Å². The summed E-state index contributed by atoms with van der Waals surface area (Å²) in [5.74, 6) is 0.947. The number of aromatic nitrogens is 2. The van der Waals surface area contributed by atoms with Crippen LogP contribution in [0.2, 0.25) is 0 Å². The fourth-order valence-corrected chi connectivity index (χ4v) is 2.15. The number of para-hydroxylation sites is 1. The topological polar surface area (TPSA) is 79.4 Å². The third-order valence-electron chi connectivity index (χ3n) is 3.44. The molecule has 1 aromatic carbocycles. The summed E-state index contributed by atoms with van der Waals surface area (Å²) in [5.41, 5.74) is 4.67. The molecule has 1 saturated carbocycles. The normalized spacial score (nSPS) is 14.2. The zero-order valence-electron chi connectivity index (χ0n) is 12.4. The molecule has 1 aliphatic carbocycles. The van der Waals surface area contributed by atoms with Crippen molar-refractivity contribution in [2.45, 2.75) is 25.7 Å². The molecule has 6 nitrogen and oxygen atoms in total. The van der Waals surface area contributed by atoms with Gasteiger partial charge < -0.3 is 4.74 Å². The molecule has 0 spiro atoms. The summed E-state index contributed by atoms with van der Waals surface area (Å²) in [6.45, 7) is 2.50. The lowest BCUT2D eigenvalue weighted by molar-refractivity contribution is 0.0950. The van der Waals surface area contributed by atoms with Gasteiger partial charge in [-0.15, -0.1) is 0 Å². The molecule has 1 amide bonds. The Bertz CT molecular complexity index is 689. The lowest BCUT2D eigenvalue weighted by Crippen LogP contribution is -2.18. The number of aromatic amines is 1. The third-order valence-corrected chi connectivity index (χ3v) is 3.44. The third kappa shape index (κ3) is 3.33. The molecule has 2 aromatic rings. The lowest BCUT2D eigenvalue weighted by Gasteiger charge is -2.05. The van der Waals surface area contributed by atoms with Crippen molar-refractivity contribution in [1.29, 1.82) is 0 Å². The van der Waals surface area contributed by atoms with Gasteiger partial charge in [0.2, 0.25) is 0 Å². The summed E-state index contributed by atoms with van der Waals surface area (Å²) in [4.78, 5) is 12.0. The maximum absolute atomic E-state index is 12.0. The number of hydrogen-bond acceptors (Lipinski definition) is 4. The molecule has 3 rings (SSSR count). The van der Waals surface area contributed by atoms with Crippen molar-refractivity contribution in [2.24, 2.45) is 5.10 Å². The van der Waals surface area contributed by atoms with E-state index in [0.29, 0.717) is 18.2 Å². The van der Waals surface area contributed by atoms with Gasteiger partial charge in [-0.3, -0.25) is 9.89 Å². The average molecular weight is 298 g/mol. The van der Waals surface area contributed by atoms with Crippen LogP contribution in [-0.4, -0.2) is 28.9 Å². The highest BCUT2D eigenvalue weighted by molar-refractivity contribution is 5.93. The van der Waals surface area contributed by atoms with Crippen molar-refractivity contribution < 1.29 is 9.53 Å². The summed E-state index contributed by atoms with van der Waals surface area (Å²) in [6, 6.07) is 9.31. The number of carbonyl (C=O) groups excluding carboxylic acids is 1. The minimum Gasteiger partial charge on any atom is -0.493 e. The second-order valence-corrected chi connectivity index (χ2v) is 5.15. The number of hydrazone groups is 1. The van der Waals surface area contributed by atoms with E-state index in [4.69, 9.17) is 4.74 Å². The summed E-state index contributed by atoms with van der Waals surface area (Å²) >= 11 is 0. The molecular weight excluding hydrogens is 280 g/mol. The number of rotatable bonds is 6. The van der Waals surface area contributed by atoms with Gasteiger partial charge in [-0.25, -0.2) is 5.43 Å². The molecule has 1 aliphatic rings. The number of hydrogen-bond donors (Lipinski definition) is 2. The summed E-state index contributed by atoms with van der Waals surface area (Å²) in [7, 11) is 0. The maximum atomic E-state index is 12.0. The van der Waals surface area contributed by atoms with Crippen molar-refractivity contribution in [3.63, 3.8) is 0 Å². The minimum atomic E-state index is -0.326. The smallest absolute Gasteiger partial charge is 0.291 e. The van der Waals surface area contributed by atoms with Crippen LogP contribution in [0.15, 0.2) is 35.4 Å². The predicted molar refractivity (Wildman–Crippen MR) is 83.2 cm³/mol. The largest absolute Gasteiger partial charge is 0.493 e. The number of nitrogens with zero attached hydrogens (tertiary/aromatic N) is 2. The number of amides is 1. The molecule has 0 aliphatic heterocycles. The Morgan fingerprint density at radius 2 is 2.32 bits per heavy atom. The first kappa shape index (κ1) is 14.3. The van der Waals surface area contributed by atoms with Crippen LogP contribution in [0.25, 0.3) is 0 Å². The van der Waals surface area contributed by atoms with Gasteiger partial charge in [0, 0.05) is 17.2 Å². The molecule has 0 saturated heterocycles. The highest BCUT2D eigenvalue weighted by atomic mass is 16.5. The Hall–Kier alpha value is -2.63. The van der Waals surface area contributed by atoms with E-state index < -0.39 is 0 Å². The molecule has 0 bridgehead atoms. The zero-order chi connectivity index (χ0) is 15.4. The summed E-state index contributed by atoms with van der Waals surface area (Å²) in [6.07, 6.45) is 3.89. The van der Waals surface area contributed by atoms with Crippen LogP contribution in [0.5, 0.6) is 5.75 Å². The van der Waals surface area contributed by atoms with Crippen LogP contribution >= 0.6 is 0 Å². The first-order chi connectivity index (χ1) is 10.8. The molecule has 1 heterocycles. The molecule has 2 N–H and O–H groups in total. The van der Waals surface area contributed by atoms with Crippen LogP contribution in [0, 0.1) is 0 Å². The quantitative estimate of drug-likeness (QED) is 0.635. The van der Waals surface area contributed by atoms with E-state index in [1.54, 1.807) is 12.3 Å². The molecule has 1 aromatic heterocycles. The standard InChI is InChI=1S/C16H18N4O2/c1-2-22-15-6-4-3-5-12(15)10-17-20-16(21)14-9-13(18-19-14)11-7-8-11/h3-6,9-11H,2,7-8H2,1H3,(H,18,19)(H,20,21)/b17-10-. The van der Waals surface area contributed by atoms with Crippen molar-refractivity contribution in [3.8, 4) is 5.75 Å². The van der Waals surface area contributed by atoms with Crippen LogP contribution in [-0.2, 0) is 0 Å². The van der Waals surface area contributed by atoms with Gasteiger partial charge in [-0.05, 0) is 38.0 Å². The zero-order valence-corrected chi connectivity index (χ0v) is 12.4. The van der Waals surface area contributed by atoms with E-state index in [0.717, 1.165) is 29.8 Å². The molecule has 0 unspecified atom stereocenters. The van der Waals surface area contributed by atoms with Gasteiger partial charge in [0.15, 0.2) is 5.69 Å². The van der Waals surface area contributed by atoms with E-state index in [1.807, 2.05) is 31.2 Å². The van der Waals surface area contributed by atoms with Crippen molar-refractivity contribution in [1.82, 2.24) is 15.6 Å². The first-order valence-electron chi connectivity index (χ1n) is 7.38. The van der Waals surface area contributed by atoms with Crippen LogP contribution in [0.1, 0.15) is 47.4 Å². The summed E-state index contributed by atoms with van der Waals surface area (Å²) < 4.78 is 5.49. The molecule has 114 valence electrons. The number of nitrogens with one attached hydrogen (secondary N) is 2. The summed E-state index contributed by atoms with van der Waals surface area (Å²) in [5, 5.41) is 10.9. The van der Waals surface area contributed by atoms with E-state index >= 15 is 0 Å². The van der Waals surface area contributed by atoms with Gasteiger partial charge in [0.25, 0.3) is 5.91 Å². The monoisotopic (exact) mass is 298 g/mol. The maximum Gasteiger partial charge on any atom is 0.291 e. The Labute approximate surface area is 128 Å². The Kier molecular flexibility index (Phi) is 4.18. The lowest BCUT2D eigenvalue weighted by atomic mass is 10.2. The molecular formula is C16H18N4O2. The highest BCUT2D eigenvalue weighted by Crippen LogP contribution is 2.38. The van der Waals surface area contributed by atoms with Crippen LogP contribution in [0.4, 0.5) is 0 Å². The predicted octanol–water partition coefficient (Wildman–Crippen LogP) is 2.45. The fourth-order valence-electron chi connectivity index (χ4n) is 2.15. The number of H-pyrrole nitrogens is 1. The second kappa shape index (κ2) is 6.43. The minimum absolute atomic E-state index is 0.326. The molecule has 0 radical (unpaired) electrons. The average Bonchev–Trinajstić information content (AvgIpc) is 3.26. The fraction of sp³-hybridized carbons (Fsp3) is 0.312. The molecule has 22 heavy (non-hydrogen) atoms. The number of benzene rings is 1. The van der Waals surface area contributed by atoms with Gasteiger partial charge in [0.05, 0.1) is 12.8 Å². The van der Waals surface area contributed by atoms with E-state index in [9.17, 15) is 4.79 Å². The second-order valence-electron chi connectivity index (χ2n) is 5.15. The SMILES string of the molecule is CCOc1ccccc1/C=N\NC(=O)c1cc(C2CC2)[nH]n1. The Morgan fingerprint density at radius 3 is 3.09 bits per heavy atom. The Morgan fingerprint density at radius 1 is 1.50 bits per heavy atom. The van der Waals surface area contributed by atoms with Crippen LogP contribution < -0.4 is 10.2 Å². The van der Waals surface area contributed by atoms with Crippen molar-refractivity contribution in [2.75, 3.05) is 6.61 Å².